The molecule has 1 fully saturated rings. The van der Waals surface area contributed by atoms with Crippen molar-refractivity contribution in [2.24, 2.45) is 0 Å². The van der Waals surface area contributed by atoms with Gasteiger partial charge < -0.3 is 15.5 Å². The minimum atomic E-state index is -1.82. The molecule has 0 aliphatic carbocycles. The molecule has 1 aliphatic rings. The van der Waals surface area contributed by atoms with E-state index in [0.717, 1.165) is 42.9 Å². The molecule has 1 saturated heterocycles. The third-order valence-corrected chi connectivity index (χ3v) is 4.16. The van der Waals surface area contributed by atoms with Gasteiger partial charge in [0.25, 0.3) is 0 Å². The summed E-state index contributed by atoms with van der Waals surface area (Å²) in [7, 11) is 0. The van der Waals surface area contributed by atoms with Crippen LogP contribution >= 0.6 is 0 Å². The van der Waals surface area contributed by atoms with Crippen LogP contribution in [0.1, 0.15) is 24.0 Å². The summed E-state index contributed by atoms with van der Waals surface area (Å²) in [6, 6.07) is 7.22. The maximum Gasteiger partial charge on any atom is 0.414 e. The first kappa shape index (κ1) is 22.1. The number of hydrogen-bond donors (Lipinski definition) is 3. The lowest BCUT2D eigenvalue weighted by Crippen LogP contribution is -2.24. The molecule has 3 N–H and O–H groups in total. The van der Waals surface area contributed by atoms with Crippen LogP contribution in [0.2, 0.25) is 0 Å². The summed E-state index contributed by atoms with van der Waals surface area (Å²) >= 11 is 0. The van der Waals surface area contributed by atoms with E-state index in [9.17, 15) is 17.6 Å². The number of piperidine rings is 1. The van der Waals surface area contributed by atoms with Crippen molar-refractivity contribution in [1.82, 2.24) is 5.32 Å². The lowest BCUT2D eigenvalue weighted by molar-refractivity contribution is -0.159. The second-order valence-electron chi connectivity index (χ2n) is 6.10. The van der Waals surface area contributed by atoms with Crippen LogP contribution in [0, 0.1) is 23.3 Å². The van der Waals surface area contributed by atoms with Crippen molar-refractivity contribution in [1.29, 1.82) is 0 Å². The van der Waals surface area contributed by atoms with Gasteiger partial charge in [0.05, 0.1) is 0 Å². The van der Waals surface area contributed by atoms with E-state index in [1.165, 1.54) is 12.1 Å². The first-order chi connectivity index (χ1) is 13.7. The van der Waals surface area contributed by atoms with Crippen LogP contribution < -0.4 is 5.32 Å². The molecule has 154 valence electrons. The quantitative estimate of drug-likeness (QED) is 0.520. The SMILES string of the molecule is Fc1ccc(C(=C2CCNCC2)c2ccc(F)c(F)c2)cc1F.O=C(O)C(=O)O. The van der Waals surface area contributed by atoms with E-state index in [0.29, 0.717) is 29.5 Å². The van der Waals surface area contributed by atoms with Crippen LogP contribution in [0.4, 0.5) is 17.6 Å². The topological polar surface area (TPSA) is 86.6 Å². The molecule has 9 heteroatoms. The van der Waals surface area contributed by atoms with Gasteiger partial charge in [-0.25, -0.2) is 27.2 Å². The van der Waals surface area contributed by atoms with Crippen LogP contribution in [0.25, 0.3) is 5.57 Å². The van der Waals surface area contributed by atoms with E-state index in [2.05, 4.69) is 5.32 Å². The van der Waals surface area contributed by atoms with Gasteiger partial charge in [-0.2, -0.15) is 0 Å². The Kier molecular flexibility index (Phi) is 7.49. The maximum absolute atomic E-state index is 13.6. The lowest BCUT2D eigenvalue weighted by Gasteiger charge is -2.21. The summed E-state index contributed by atoms with van der Waals surface area (Å²) in [6.45, 7) is 1.51. The highest BCUT2D eigenvalue weighted by atomic mass is 19.2. The molecule has 0 atom stereocenters. The van der Waals surface area contributed by atoms with Gasteiger partial charge in [0, 0.05) is 0 Å². The van der Waals surface area contributed by atoms with Gasteiger partial charge in [0.15, 0.2) is 23.3 Å². The van der Waals surface area contributed by atoms with Crippen molar-refractivity contribution >= 4 is 17.5 Å². The second-order valence-corrected chi connectivity index (χ2v) is 6.10. The number of rotatable bonds is 2. The third kappa shape index (κ3) is 5.89. The Balaban J connectivity index is 0.000000438. The molecule has 2 aromatic carbocycles. The van der Waals surface area contributed by atoms with E-state index < -0.39 is 35.2 Å². The van der Waals surface area contributed by atoms with Gasteiger partial charge in [0.2, 0.25) is 0 Å². The Morgan fingerprint density at radius 1 is 0.724 bits per heavy atom. The molecule has 0 bridgehead atoms. The van der Waals surface area contributed by atoms with Crippen molar-refractivity contribution in [2.45, 2.75) is 12.8 Å². The van der Waals surface area contributed by atoms with E-state index in [1.54, 1.807) is 0 Å². The fourth-order valence-corrected chi connectivity index (χ4v) is 2.86. The maximum atomic E-state index is 13.6. The standard InChI is InChI=1S/C18H15F4N.C2H2O4/c19-14-3-1-12(9-16(14)21)18(11-5-7-23-8-6-11)13-2-4-15(20)17(22)10-13;3-1(4)2(5)6/h1-4,9-10,23H,5-8H2;(H,3,4)(H,5,6). The molecule has 0 unspecified atom stereocenters. The molecule has 5 nitrogen and oxygen atoms in total. The van der Waals surface area contributed by atoms with Crippen molar-refractivity contribution in [3.8, 4) is 0 Å². The Bertz CT molecular complexity index is 886. The molecule has 1 aliphatic heterocycles. The van der Waals surface area contributed by atoms with Gasteiger partial charge in [0.1, 0.15) is 0 Å². The predicted octanol–water partition coefficient (Wildman–Crippen LogP) is 3.58. The molecule has 2 aromatic rings. The van der Waals surface area contributed by atoms with Crippen LogP contribution in [0.5, 0.6) is 0 Å². The average molecular weight is 411 g/mol. The van der Waals surface area contributed by atoms with E-state index >= 15 is 0 Å². The number of halogens is 4. The van der Waals surface area contributed by atoms with Gasteiger partial charge in [-0.15, -0.1) is 0 Å². The van der Waals surface area contributed by atoms with Crippen LogP contribution in [0.15, 0.2) is 42.0 Å². The highest BCUT2D eigenvalue weighted by molar-refractivity contribution is 6.27. The second kappa shape index (κ2) is 9.83. The van der Waals surface area contributed by atoms with Crippen molar-refractivity contribution in [3.05, 3.63) is 76.4 Å². The summed E-state index contributed by atoms with van der Waals surface area (Å²) in [5, 5.41) is 18.0. The fraction of sp³-hybridized carbons (Fsp3) is 0.200. The number of carboxylic acids is 2. The number of benzene rings is 2. The van der Waals surface area contributed by atoms with Crippen molar-refractivity contribution < 1.29 is 37.4 Å². The van der Waals surface area contributed by atoms with Crippen molar-refractivity contribution in [3.63, 3.8) is 0 Å². The van der Waals surface area contributed by atoms with Crippen molar-refractivity contribution in [2.75, 3.05) is 13.1 Å². The minimum absolute atomic E-state index is 0.465. The summed E-state index contributed by atoms with van der Waals surface area (Å²) in [4.78, 5) is 18.2. The Hall–Kier alpha value is -3.20. The molecule has 0 saturated carbocycles. The normalized spacial score (nSPS) is 13.3. The zero-order valence-corrected chi connectivity index (χ0v) is 15.0. The smallest absolute Gasteiger partial charge is 0.414 e. The molecule has 29 heavy (non-hydrogen) atoms. The molecular weight excluding hydrogens is 394 g/mol. The molecule has 0 aromatic heterocycles. The number of carboxylic acid groups (broad SMARTS) is 2. The van der Waals surface area contributed by atoms with E-state index in [4.69, 9.17) is 19.8 Å². The van der Waals surface area contributed by atoms with Gasteiger partial charge >= 0.3 is 11.9 Å². The van der Waals surface area contributed by atoms with Crippen LogP contribution in [-0.4, -0.2) is 35.2 Å². The average Bonchev–Trinajstić information content (AvgIpc) is 2.69. The number of nitrogens with one attached hydrogen (secondary N) is 1. The molecule has 3 rings (SSSR count). The third-order valence-electron chi connectivity index (χ3n) is 4.16. The van der Waals surface area contributed by atoms with E-state index in [-0.39, 0.29) is 0 Å². The highest BCUT2D eigenvalue weighted by Crippen LogP contribution is 2.32. The largest absolute Gasteiger partial charge is 0.473 e. The van der Waals surface area contributed by atoms with Crippen LogP contribution in [-0.2, 0) is 9.59 Å². The number of aliphatic carboxylic acids is 2. The van der Waals surface area contributed by atoms with Crippen LogP contribution in [0.3, 0.4) is 0 Å². The first-order valence-electron chi connectivity index (χ1n) is 8.50. The monoisotopic (exact) mass is 411 g/mol. The molecule has 0 spiro atoms. The minimum Gasteiger partial charge on any atom is -0.473 e. The summed E-state index contributed by atoms with van der Waals surface area (Å²) in [5.74, 6) is -7.44. The zero-order chi connectivity index (χ0) is 21.6. The summed E-state index contributed by atoms with van der Waals surface area (Å²) < 4.78 is 53.7. The molecular formula is C20H17F4NO4. The van der Waals surface area contributed by atoms with E-state index in [1.807, 2.05) is 0 Å². The molecule has 1 heterocycles. The highest BCUT2D eigenvalue weighted by Gasteiger charge is 2.17. The zero-order valence-electron chi connectivity index (χ0n) is 15.0. The number of carbonyl (C=O) groups is 2. The summed E-state index contributed by atoms with van der Waals surface area (Å²) in [6.07, 6.45) is 1.43. The Morgan fingerprint density at radius 2 is 1.14 bits per heavy atom. The van der Waals surface area contributed by atoms with Gasteiger partial charge in [-0.05, 0) is 66.9 Å². The Morgan fingerprint density at radius 3 is 1.48 bits per heavy atom. The fourth-order valence-electron chi connectivity index (χ4n) is 2.86. The predicted molar refractivity (Wildman–Crippen MR) is 96.1 cm³/mol. The lowest BCUT2D eigenvalue weighted by atomic mass is 9.88. The summed E-state index contributed by atoms with van der Waals surface area (Å²) in [5.41, 5.74) is 2.59. The molecule has 0 radical (unpaired) electrons. The first-order valence-corrected chi connectivity index (χ1v) is 8.50. The number of hydrogen-bond acceptors (Lipinski definition) is 3. The van der Waals surface area contributed by atoms with Gasteiger partial charge in [-0.3, -0.25) is 0 Å². The molecule has 0 amide bonds. The van der Waals surface area contributed by atoms with Gasteiger partial charge in [-0.1, -0.05) is 17.7 Å². The Labute approximate surface area is 163 Å².